The first-order valence-corrected chi connectivity index (χ1v) is 6.10. The highest BCUT2D eigenvalue weighted by Crippen LogP contribution is 2.24. The first-order valence-electron chi connectivity index (χ1n) is 5.31. The van der Waals surface area contributed by atoms with E-state index in [2.05, 4.69) is 26.2 Å². The Labute approximate surface area is 112 Å². The molecular weight excluding hydrogens is 301 g/mol. The van der Waals surface area contributed by atoms with Crippen LogP contribution in [0.2, 0.25) is 0 Å². The number of carbonyl (C=O) groups is 1. The molecule has 0 N–H and O–H groups in total. The summed E-state index contributed by atoms with van der Waals surface area (Å²) >= 11 is 3.13. The molecule has 0 aliphatic carbocycles. The molecule has 0 saturated carbocycles. The second-order valence-corrected chi connectivity index (χ2v) is 4.90. The Bertz CT molecular complexity index is 636. The summed E-state index contributed by atoms with van der Waals surface area (Å²) in [5, 5.41) is 7.72. The van der Waals surface area contributed by atoms with Crippen molar-refractivity contribution in [3.63, 3.8) is 0 Å². The van der Waals surface area contributed by atoms with Crippen LogP contribution in [0.15, 0.2) is 16.6 Å². The number of rotatable bonds is 2. The van der Waals surface area contributed by atoms with Gasteiger partial charge in [-0.2, -0.15) is 0 Å². The van der Waals surface area contributed by atoms with E-state index in [-0.39, 0.29) is 11.6 Å². The molecule has 6 heteroatoms. The van der Waals surface area contributed by atoms with Crippen LogP contribution in [0.1, 0.15) is 28.7 Å². The van der Waals surface area contributed by atoms with Crippen molar-refractivity contribution in [2.75, 3.05) is 0 Å². The van der Waals surface area contributed by atoms with Gasteiger partial charge in [0.05, 0.1) is 15.9 Å². The van der Waals surface area contributed by atoms with Crippen molar-refractivity contribution in [3.05, 3.63) is 39.4 Å². The second kappa shape index (κ2) is 4.61. The average molecular weight is 312 g/mol. The first-order chi connectivity index (χ1) is 8.41. The summed E-state index contributed by atoms with van der Waals surface area (Å²) in [4.78, 5) is 11.3. The van der Waals surface area contributed by atoms with Gasteiger partial charge in [0.1, 0.15) is 5.82 Å². The highest BCUT2D eigenvalue weighted by Gasteiger charge is 2.16. The van der Waals surface area contributed by atoms with Gasteiger partial charge in [-0.15, -0.1) is 5.10 Å². The Kier molecular flexibility index (Phi) is 3.30. The van der Waals surface area contributed by atoms with Gasteiger partial charge in [-0.1, -0.05) is 5.21 Å². The fourth-order valence-corrected chi connectivity index (χ4v) is 2.21. The van der Waals surface area contributed by atoms with Gasteiger partial charge in [-0.25, -0.2) is 9.07 Å². The van der Waals surface area contributed by atoms with Crippen molar-refractivity contribution < 1.29 is 9.18 Å². The molecule has 0 aliphatic rings. The maximum atomic E-state index is 13.6. The molecular formula is C12H11BrFN3O. The van der Waals surface area contributed by atoms with Crippen LogP contribution >= 0.6 is 15.9 Å². The molecule has 94 valence electrons. The zero-order valence-electron chi connectivity index (χ0n) is 10.2. The van der Waals surface area contributed by atoms with Crippen molar-refractivity contribution in [2.45, 2.75) is 20.8 Å². The van der Waals surface area contributed by atoms with E-state index >= 15 is 0 Å². The summed E-state index contributed by atoms with van der Waals surface area (Å²) in [6.07, 6.45) is 0. The van der Waals surface area contributed by atoms with E-state index in [0.717, 1.165) is 5.56 Å². The van der Waals surface area contributed by atoms with Crippen LogP contribution in [-0.2, 0) is 0 Å². The van der Waals surface area contributed by atoms with E-state index in [9.17, 15) is 9.18 Å². The zero-order valence-corrected chi connectivity index (χ0v) is 11.7. The number of Topliss-reactive ketones (excluding diaryl/α,β-unsaturated/α-hetero) is 1. The highest BCUT2D eigenvalue weighted by atomic mass is 79.9. The monoisotopic (exact) mass is 311 g/mol. The van der Waals surface area contributed by atoms with Crippen LogP contribution in [0.3, 0.4) is 0 Å². The topological polar surface area (TPSA) is 47.8 Å². The average Bonchev–Trinajstić information content (AvgIpc) is 2.66. The Balaban J connectivity index is 2.63. The van der Waals surface area contributed by atoms with E-state index in [1.807, 2.05) is 6.92 Å². The summed E-state index contributed by atoms with van der Waals surface area (Å²) in [5.41, 5.74) is 2.32. The summed E-state index contributed by atoms with van der Waals surface area (Å²) in [6, 6.07) is 3.03. The lowest BCUT2D eigenvalue weighted by atomic mass is 10.2. The Hall–Kier alpha value is -1.56. The molecule has 1 heterocycles. The molecule has 0 radical (unpaired) electrons. The molecule has 2 rings (SSSR count). The lowest BCUT2D eigenvalue weighted by Gasteiger charge is -2.08. The summed E-state index contributed by atoms with van der Waals surface area (Å²) in [5.74, 6) is -0.538. The predicted molar refractivity (Wildman–Crippen MR) is 68.5 cm³/mol. The van der Waals surface area contributed by atoms with Gasteiger partial charge in [0.25, 0.3) is 0 Å². The van der Waals surface area contributed by atoms with Crippen LogP contribution in [0, 0.1) is 19.7 Å². The molecule has 2 aromatic rings. The Morgan fingerprint density at radius 2 is 2.06 bits per heavy atom. The van der Waals surface area contributed by atoms with Crippen molar-refractivity contribution in [1.29, 1.82) is 0 Å². The van der Waals surface area contributed by atoms with Crippen LogP contribution < -0.4 is 0 Å². The number of halogens is 2. The van der Waals surface area contributed by atoms with Crippen LogP contribution in [0.25, 0.3) is 5.69 Å². The fourth-order valence-electron chi connectivity index (χ4n) is 1.75. The SMILES string of the molecule is CC(=O)c1nnn(-c2cc(F)c(Br)cc2C)c1C. The molecule has 0 aliphatic heterocycles. The van der Waals surface area contributed by atoms with Crippen LogP contribution in [-0.4, -0.2) is 20.8 Å². The van der Waals surface area contributed by atoms with Gasteiger partial charge in [0.2, 0.25) is 0 Å². The molecule has 1 aromatic carbocycles. The number of carbonyl (C=O) groups excluding carboxylic acids is 1. The van der Waals surface area contributed by atoms with Crippen molar-refractivity contribution in [2.24, 2.45) is 0 Å². The highest BCUT2D eigenvalue weighted by molar-refractivity contribution is 9.10. The Morgan fingerprint density at radius 3 is 2.61 bits per heavy atom. The molecule has 0 atom stereocenters. The van der Waals surface area contributed by atoms with Crippen molar-refractivity contribution >= 4 is 21.7 Å². The zero-order chi connectivity index (χ0) is 13.4. The molecule has 0 bridgehead atoms. The number of ketones is 1. The summed E-state index contributed by atoms with van der Waals surface area (Å²) < 4.78 is 15.4. The summed E-state index contributed by atoms with van der Waals surface area (Å²) in [6.45, 7) is 5.00. The van der Waals surface area contributed by atoms with Gasteiger partial charge in [0.15, 0.2) is 11.5 Å². The minimum absolute atomic E-state index is 0.158. The number of benzene rings is 1. The van der Waals surface area contributed by atoms with Crippen molar-refractivity contribution in [3.8, 4) is 5.69 Å². The molecule has 18 heavy (non-hydrogen) atoms. The van der Waals surface area contributed by atoms with E-state index in [1.165, 1.54) is 17.7 Å². The van der Waals surface area contributed by atoms with E-state index < -0.39 is 0 Å². The van der Waals surface area contributed by atoms with Crippen molar-refractivity contribution in [1.82, 2.24) is 15.0 Å². The van der Waals surface area contributed by atoms with Crippen LogP contribution in [0.4, 0.5) is 4.39 Å². The van der Waals surface area contributed by atoms with E-state index in [1.54, 1.807) is 13.0 Å². The van der Waals surface area contributed by atoms with E-state index in [4.69, 9.17) is 0 Å². The number of hydrogen-bond donors (Lipinski definition) is 0. The molecule has 0 amide bonds. The maximum Gasteiger partial charge on any atom is 0.181 e. The standard InChI is InChI=1S/C12H11BrFN3O/c1-6-4-9(13)10(14)5-11(6)17-7(2)12(8(3)18)15-16-17/h4-5H,1-3H3. The second-order valence-electron chi connectivity index (χ2n) is 4.04. The number of aryl methyl sites for hydroxylation is 1. The quantitative estimate of drug-likeness (QED) is 0.801. The number of aromatic nitrogens is 3. The van der Waals surface area contributed by atoms with Gasteiger partial charge >= 0.3 is 0 Å². The number of nitrogens with zero attached hydrogens (tertiary/aromatic N) is 3. The third-order valence-electron chi connectivity index (χ3n) is 2.70. The normalized spacial score (nSPS) is 10.7. The molecule has 0 fully saturated rings. The van der Waals surface area contributed by atoms with Crippen LogP contribution in [0.5, 0.6) is 0 Å². The van der Waals surface area contributed by atoms with Gasteiger partial charge < -0.3 is 0 Å². The smallest absolute Gasteiger partial charge is 0.181 e. The van der Waals surface area contributed by atoms with Gasteiger partial charge in [0, 0.05) is 13.0 Å². The van der Waals surface area contributed by atoms with E-state index in [0.29, 0.717) is 21.5 Å². The predicted octanol–water partition coefficient (Wildman–Crippen LogP) is 2.99. The Morgan fingerprint density at radius 1 is 1.39 bits per heavy atom. The number of hydrogen-bond acceptors (Lipinski definition) is 3. The van der Waals surface area contributed by atoms with Gasteiger partial charge in [-0.3, -0.25) is 4.79 Å². The lowest BCUT2D eigenvalue weighted by molar-refractivity contribution is 0.101. The molecule has 0 spiro atoms. The minimum atomic E-state index is -0.380. The third kappa shape index (κ3) is 2.08. The minimum Gasteiger partial charge on any atom is -0.293 e. The molecule has 0 unspecified atom stereocenters. The van der Waals surface area contributed by atoms with Gasteiger partial charge in [-0.05, 0) is 41.4 Å². The molecule has 1 aromatic heterocycles. The lowest BCUT2D eigenvalue weighted by Crippen LogP contribution is -2.04. The largest absolute Gasteiger partial charge is 0.293 e. The maximum absolute atomic E-state index is 13.6. The summed E-state index contributed by atoms with van der Waals surface area (Å²) in [7, 11) is 0. The first kappa shape index (κ1) is 12.9. The molecule has 4 nitrogen and oxygen atoms in total. The fraction of sp³-hybridized carbons (Fsp3) is 0.250. The molecule has 0 saturated heterocycles. The third-order valence-corrected chi connectivity index (χ3v) is 3.30.